The first-order valence-corrected chi connectivity index (χ1v) is 11.2. The van der Waals surface area contributed by atoms with Crippen molar-refractivity contribution in [3.05, 3.63) is 93.7 Å². The number of hydrogen-bond acceptors (Lipinski definition) is 8. The van der Waals surface area contributed by atoms with E-state index in [2.05, 4.69) is 20.0 Å². The number of hydrogen-bond donors (Lipinski definition) is 0. The number of fused-ring (bicyclic) bond motifs is 4. The molecule has 5 heterocycles. The number of ether oxygens (including phenoxy) is 2. The van der Waals surface area contributed by atoms with E-state index < -0.39 is 69.4 Å². The third kappa shape index (κ3) is 4.50. The average molecular weight is 560 g/mol. The summed E-state index contributed by atoms with van der Waals surface area (Å²) in [5.41, 5.74) is -7.32. The first-order valence-electron chi connectivity index (χ1n) is 11.2. The highest BCUT2D eigenvalue weighted by atomic mass is 19.4. The van der Waals surface area contributed by atoms with Crippen molar-refractivity contribution < 1.29 is 45.4 Å². The molecule has 204 valence electrons. The fourth-order valence-corrected chi connectivity index (χ4v) is 4.29. The first kappa shape index (κ1) is 26.7. The zero-order valence-electron chi connectivity index (χ0n) is 20.3. The number of allylic oxidation sites excluding steroid dienone is 10. The van der Waals surface area contributed by atoms with Gasteiger partial charge in [-0.3, -0.25) is 0 Å². The van der Waals surface area contributed by atoms with Gasteiger partial charge in [0.2, 0.25) is 0 Å². The number of rotatable bonds is 2. The number of esters is 2. The van der Waals surface area contributed by atoms with Gasteiger partial charge in [0.25, 0.3) is 0 Å². The van der Waals surface area contributed by atoms with E-state index in [4.69, 9.17) is 9.47 Å². The van der Waals surface area contributed by atoms with Crippen LogP contribution in [0.15, 0.2) is 114 Å². The lowest BCUT2D eigenvalue weighted by Gasteiger charge is -2.13. The molecule has 5 rings (SSSR count). The number of aliphatic imine (C=N–C) groups is 4. The van der Waals surface area contributed by atoms with Gasteiger partial charge in [0, 0.05) is 0 Å². The second-order valence-corrected chi connectivity index (χ2v) is 8.34. The molecular weight excluding hydrogens is 546 g/mol. The van der Waals surface area contributed by atoms with E-state index in [1.165, 1.54) is 0 Å². The molecule has 0 spiro atoms. The maximum Gasteiger partial charge on any atom is 0.420 e. The number of carbonyl (C=O) groups excluding carboxylic acids is 2. The molecule has 0 saturated heterocycles. The smallest absolute Gasteiger partial charge is 0.420 e. The third-order valence-electron chi connectivity index (χ3n) is 5.96. The van der Waals surface area contributed by atoms with Crippen LogP contribution in [-0.4, -0.2) is 61.4 Å². The largest absolute Gasteiger partial charge is 0.465 e. The Labute approximate surface area is 220 Å². The fourth-order valence-electron chi connectivity index (χ4n) is 4.29. The number of methoxy groups -OCH3 is 2. The van der Waals surface area contributed by atoms with E-state index >= 15 is 0 Å². The molecule has 14 heteroatoms. The van der Waals surface area contributed by atoms with Crippen molar-refractivity contribution in [1.82, 2.24) is 0 Å². The summed E-state index contributed by atoms with van der Waals surface area (Å²) >= 11 is 0. The maximum absolute atomic E-state index is 14.3. The van der Waals surface area contributed by atoms with Crippen LogP contribution >= 0.6 is 0 Å². The lowest BCUT2D eigenvalue weighted by atomic mass is 10.1. The quantitative estimate of drug-likeness (QED) is 0.366. The fraction of sp³-hybridized carbons (Fsp3) is 0.154. The van der Waals surface area contributed by atoms with Crippen LogP contribution in [0.25, 0.3) is 0 Å². The van der Waals surface area contributed by atoms with Crippen LogP contribution in [0.2, 0.25) is 0 Å². The summed E-state index contributed by atoms with van der Waals surface area (Å²) in [6.45, 7) is 0. The van der Waals surface area contributed by atoms with Crippen LogP contribution in [0.3, 0.4) is 0 Å². The minimum absolute atomic E-state index is 0.323. The minimum atomic E-state index is -4.99. The number of nitrogens with zero attached hydrogens (tertiary/aromatic N) is 4. The zero-order chi connectivity index (χ0) is 29.0. The van der Waals surface area contributed by atoms with E-state index in [1.54, 1.807) is 0 Å². The molecule has 0 amide bonds. The Morgan fingerprint density at radius 1 is 0.525 bits per heavy atom. The minimum Gasteiger partial charge on any atom is -0.465 e. The Morgan fingerprint density at radius 2 is 0.825 bits per heavy atom. The Balaban J connectivity index is 1.90. The van der Waals surface area contributed by atoms with Gasteiger partial charge < -0.3 is 9.47 Å². The van der Waals surface area contributed by atoms with Crippen molar-refractivity contribution in [3.8, 4) is 0 Å². The molecule has 0 fully saturated rings. The van der Waals surface area contributed by atoms with Crippen LogP contribution < -0.4 is 0 Å². The lowest BCUT2D eigenvalue weighted by Crippen LogP contribution is -2.21. The SMILES string of the molecule is COC(=O)C1=C2C=CC(=N2)C(C(F)(F)F)=C2C=CC(=N2)C(C(=O)OC)=C2C=CC(=N2)C(C(F)(F)F)=C2C=CC1=N2. The van der Waals surface area contributed by atoms with E-state index in [9.17, 15) is 35.9 Å². The van der Waals surface area contributed by atoms with E-state index in [0.717, 1.165) is 62.8 Å². The standard InChI is InChI=1S/C26H14F6N4O4/c1-39-23(37)19-11-3-7-15(33-11)21(25(27,28)29)17-9-5-13(35-17)20(24(38)40-2)14-6-10-18(36-14)22(26(30,31)32)16-8-4-12(19)34-16/h3-10H,1-2H3. The van der Waals surface area contributed by atoms with Crippen molar-refractivity contribution in [3.63, 3.8) is 0 Å². The molecule has 40 heavy (non-hydrogen) atoms. The Kier molecular flexibility index (Phi) is 6.27. The Morgan fingerprint density at radius 3 is 1.15 bits per heavy atom. The summed E-state index contributed by atoms with van der Waals surface area (Å²) in [7, 11) is 1.98. The molecule has 0 unspecified atom stereocenters. The topological polar surface area (TPSA) is 102 Å². The lowest BCUT2D eigenvalue weighted by molar-refractivity contribution is -0.136. The van der Waals surface area contributed by atoms with Crippen LogP contribution in [0.1, 0.15) is 0 Å². The van der Waals surface area contributed by atoms with Gasteiger partial charge in [-0.25, -0.2) is 29.6 Å². The van der Waals surface area contributed by atoms with Gasteiger partial charge in [-0.2, -0.15) is 26.3 Å². The van der Waals surface area contributed by atoms with Gasteiger partial charge in [-0.1, -0.05) is 0 Å². The number of alkyl halides is 6. The van der Waals surface area contributed by atoms with Gasteiger partial charge in [-0.05, 0) is 48.6 Å². The first-order chi connectivity index (χ1) is 18.8. The summed E-state index contributed by atoms with van der Waals surface area (Å²) in [6, 6.07) is 0. The van der Waals surface area contributed by atoms with Crippen molar-refractivity contribution in [1.29, 1.82) is 0 Å². The molecule has 5 aliphatic rings. The average Bonchev–Trinajstić information content (AvgIpc) is 3.67. The van der Waals surface area contributed by atoms with Crippen LogP contribution in [-0.2, 0) is 19.1 Å². The summed E-state index contributed by atoms with van der Waals surface area (Å²) < 4.78 is 95.1. The molecule has 8 bridgehead atoms. The summed E-state index contributed by atoms with van der Waals surface area (Å²) in [6.07, 6.45) is -1.78. The molecule has 0 N–H and O–H groups in total. The van der Waals surface area contributed by atoms with Crippen LogP contribution in [0.4, 0.5) is 26.3 Å². The van der Waals surface area contributed by atoms with Gasteiger partial charge in [0.15, 0.2) is 0 Å². The van der Waals surface area contributed by atoms with Gasteiger partial charge in [-0.15, -0.1) is 0 Å². The molecule has 0 radical (unpaired) electrons. The highest BCUT2D eigenvalue weighted by molar-refractivity contribution is 6.29. The van der Waals surface area contributed by atoms with Gasteiger partial charge in [0.05, 0.1) is 59.9 Å². The maximum atomic E-state index is 14.3. The normalized spacial score (nSPS) is 20.0. The molecule has 0 aromatic heterocycles. The van der Waals surface area contributed by atoms with Crippen LogP contribution in [0, 0.1) is 0 Å². The summed E-state index contributed by atoms with van der Waals surface area (Å²) in [5, 5.41) is 0. The molecule has 0 saturated carbocycles. The summed E-state index contributed by atoms with van der Waals surface area (Å²) in [4.78, 5) is 41.0. The third-order valence-corrected chi connectivity index (χ3v) is 5.96. The second kappa shape index (κ2) is 9.39. The predicted octanol–water partition coefficient (Wildman–Crippen LogP) is 4.53. The summed E-state index contributed by atoms with van der Waals surface area (Å²) in [5.74, 6) is -2.17. The molecule has 0 aromatic rings. The molecule has 8 nitrogen and oxygen atoms in total. The number of halogens is 6. The highest BCUT2D eigenvalue weighted by Crippen LogP contribution is 2.38. The van der Waals surface area contributed by atoms with E-state index in [0.29, 0.717) is 0 Å². The zero-order valence-corrected chi connectivity index (χ0v) is 20.3. The molecular formula is C26H14F6N4O4. The molecule has 0 atom stereocenters. The molecule has 0 aromatic carbocycles. The molecule has 5 aliphatic heterocycles. The van der Waals surface area contributed by atoms with E-state index in [-0.39, 0.29) is 22.8 Å². The monoisotopic (exact) mass is 560 g/mol. The number of carbonyl (C=O) groups is 2. The van der Waals surface area contributed by atoms with Gasteiger partial charge >= 0.3 is 24.3 Å². The molecule has 0 aliphatic carbocycles. The van der Waals surface area contributed by atoms with Crippen molar-refractivity contribution in [2.24, 2.45) is 20.0 Å². The van der Waals surface area contributed by atoms with Crippen LogP contribution in [0.5, 0.6) is 0 Å². The Hall–Kier alpha value is -4.88. The second-order valence-electron chi connectivity index (χ2n) is 8.34. The Bertz CT molecular complexity index is 1530. The highest BCUT2D eigenvalue weighted by Gasteiger charge is 2.43. The van der Waals surface area contributed by atoms with Crippen molar-refractivity contribution in [2.75, 3.05) is 14.2 Å². The van der Waals surface area contributed by atoms with Gasteiger partial charge in [0.1, 0.15) is 22.3 Å². The van der Waals surface area contributed by atoms with E-state index in [1.807, 2.05) is 0 Å². The predicted molar refractivity (Wildman–Crippen MR) is 131 cm³/mol. The van der Waals surface area contributed by atoms with Crippen molar-refractivity contribution in [2.45, 2.75) is 12.4 Å². The van der Waals surface area contributed by atoms with Crippen molar-refractivity contribution >= 4 is 34.8 Å².